The Labute approximate surface area is 91.5 Å². The van der Waals surface area contributed by atoms with Crippen LogP contribution in [-0.2, 0) is 24.0 Å². The van der Waals surface area contributed by atoms with Crippen molar-refractivity contribution in [3.05, 3.63) is 0 Å². The summed E-state index contributed by atoms with van der Waals surface area (Å²) in [6.07, 6.45) is 0.946. The van der Waals surface area contributed by atoms with Crippen molar-refractivity contribution in [2.75, 3.05) is 0 Å². The fraction of sp³-hybridized carbons (Fsp3) is 0.556. The molecule has 1 aliphatic rings. The first-order chi connectivity index (χ1) is 7.56. The number of carbonyl (C=O) groups excluding carboxylic acids is 4. The number of imide groups is 1. The quantitative estimate of drug-likeness (QED) is 0.472. The summed E-state index contributed by atoms with van der Waals surface area (Å²) in [7, 11) is 0. The predicted octanol–water partition coefficient (Wildman–Crippen LogP) is -1.10. The fourth-order valence-corrected chi connectivity index (χ4v) is 1.18. The molecule has 1 fully saturated rings. The van der Waals surface area contributed by atoms with E-state index in [1.807, 2.05) is 0 Å². The van der Waals surface area contributed by atoms with Crippen molar-refractivity contribution in [2.45, 2.75) is 31.7 Å². The van der Waals surface area contributed by atoms with Crippen LogP contribution in [0.1, 0.15) is 25.7 Å². The van der Waals surface area contributed by atoms with E-state index in [0.29, 0.717) is 11.3 Å². The number of aldehydes is 1. The number of nitrogens with zero attached hydrogens (tertiary/aromatic N) is 1. The minimum Gasteiger partial charge on any atom is -0.329 e. The average molecular weight is 228 g/mol. The summed E-state index contributed by atoms with van der Waals surface area (Å²) in [5.74, 6) is -1.99. The molecule has 16 heavy (non-hydrogen) atoms. The van der Waals surface area contributed by atoms with Crippen LogP contribution in [0, 0.1) is 0 Å². The molecule has 2 N–H and O–H groups in total. The van der Waals surface area contributed by atoms with Gasteiger partial charge in [0.05, 0.1) is 0 Å². The number of carbonyl (C=O) groups is 4. The third kappa shape index (κ3) is 2.86. The first-order valence-corrected chi connectivity index (χ1v) is 4.83. The molecule has 0 aromatic rings. The second-order valence-corrected chi connectivity index (χ2v) is 3.34. The first-order valence-electron chi connectivity index (χ1n) is 4.83. The lowest BCUT2D eigenvalue weighted by atomic mass is 10.2. The zero-order valence-corrected chi connectivity index (χ0v) is 8.55. The second kappa shape index (κ2) is 5.36. The highest BCUT2D eigenvalue weighted by molar-refractivity contribution is 6.01. The van der Waals surface area contributed by atoms with Crippen molar-refractivity contribution >= 4 is 24.1 Å². The molecule has 0 aromatic heterocycles. The van der Waals surface area contributed by atoms with Gasteiger partial charge in [-0.15, -0.1) is 5.06 Å². The highest BCUT2D eigenvalue weighted by Gasteiger charge is 2.33. The molecule has 0 bridgehead atoms. The lowest BCUT2D eigenvalue weighted by molar-refractivity contribution is -0.198. The van der Waals surface area contributed by atoms with E-state index in [4.69, 9.17) is 5.73 Å². The van der Waals surface area contributed by atoms with Crippen LogP contribution < -0.4 is 5.73 Å². The average Bonchev–Trinajstić information content (AvgIpc) is 2.57. The molecule has 0 aliphatic carbocycles. The molecule has 0 spiro atoms. The van der Waals surface area contributed by atoms with Gasteiger partial charge in [-0.05, 0) is 6.42 Å². The van der Waals surface area contributed by atoms with Gasteiger partial charge in [0, 0.05) is 19.3 Å². The summed E-state index contributed by atoms with van der Waals surface area (Å²) in [5, 5.41) is 0.434. The second-order valence-electron chi connectivity index (χ2n) is 3.34. The van der Waals surface area contributed by atoms with E-state index in [-0.39, 0.29) is 25.7 Å². The largest absolute Gasteiger partial charge is 0.349 e. The summed E-state index contributed by atoms with van der Waals surface area (Å²) >= 11 is 0. The summed E-state index contributed by atoms with van der Waals surface area (Å²) < 4.78 is 0. The molecule has 1 heterocycles. The minimum atomic E-state index is -1.01. The van der Waals surface area contributed by atoms with E-state index in [9.17, 15) is 19.2 Å². The molecule has 1 rings (SSSR count). The van der Waals surface area contributed by atoms with Crippen LogP contribution in [0.25, 0.3) is 0 Å². The molecule has 7 nitrogen and oxygen atoms in total. The molecule has 0 saturated carbocycles. The van der Waals surface area contributed by atoms with Crippen LogP contribution in [0.5, 0.6) is 0 Å². The standard InChI is InChI=1S/C9H12N2O5/c10-6(2-1-5-12)9(15)16-11-7(13)3-4-8(11)14/h5-6H,1-4,10H2. The van der Waals surface area contributed by atoms with Crippen LogP contribution in [-0.4, -0.2) is 35.2 Å². The summed E-state index contributed by atoms with van der Waals surface area (Å²) in [6.45, 7) is 0. The van der Waals surface area contributed by atoms with Gasteiger partial charge in [0.2, 0.25) is 0 Å². The highest BCUT2D eigenvalue weighted by Crippen LogP contribution is 2.12. The van der Waals surface area contributed by atoms with Crippen molar-refractivity contribution in [3.63, 3.8) is 0 Å². The van der Waals surface area contributed by atoms with Crippen LogP contribution >= 0.6 is 0 Å². The molecule has 0 aromatic carbocycles. The Balaban J connectivity index is 2.47. The number of amides is 2. The third-order valence-corrected chi connectivity index (χ3v) is 2.09. The minimum absolute atomic E-state index is 0.0374. The van der Waals surface area contributed by atoms with Crippen LogP contribution in [0.15, 0.2) is 0 Å². The van der Waals surface area contributed by atoms with E-state index >= 15 is 0 Å². The normalized spacial score (nSPS) is 17.4. The Hall–Kier alpha value is -1.76. The number of rotatable bonds is 5. The van der Waals surface area contributed by atoms with E-state index < -0.39 is 23.8 Å². The fourth-order valence-electron chi connectivity index (χ4n) is 1.18. The maximum Gasteiger partial charge on any atom is 0.349 e. The van der Waals surface area contributed by atoms with Crippen molar-refractivity contribution in [2.24, 2.45) is 5.73 Å². The monoisotopic (exact) mass is 228 g/mol. The SMILES string of the molecule is NC(CCC=O)C(=O)ON1C(=O)CCC1=O. The van der Waals surface area contributed by atoms with Gasteiger partial charge in [-0.25, -0.2) is 4.79 Å². The van der Waals surface area contributed by atoms with Gasteiger partial charge < -0.3 is 15.4 Å². The number of nitrogens with two attached hydrogens (primary N) is 1. The van der Waals surface area contributed by atoms with Crippen molar-refractivity contribution in [1.29, 1.82) is 0 Å². The third-order valence-electron chi connectivity index (χ3n) is 2.09. The lowest BCUT2D eigenvalue weighted by Gasteiger charge is -2.15. The number of hydrogen-bond donors (Lipinski definition) is 1. The number of hydrogen-bond acceptors (Lipinski definition) is 6. The van der Waals surface area contributed by atoms with E-state index in [2.05, 4.69) is 4.84 Å². The Morgan fingerprint density at radius 3 is 2.50 bits per heavy atom. The van der Waals surface area contributed by atoms with Gasteiger partial charge in [0.1, 0.15) is 12.3 Å². The smallest absolute Gasteiger partial charge is 0.329 e. The molecule has 2 amide bonds. The molecule has 88 valence electrons. The summed E-state index contributed by atoms with van der Waals surface area (Å²) in [6, 6.07) is -1.01. The molecular formula is C9H12N2O5. The van der Waals surface area contributed by atoms with Crippen LogP contribution in [0.4, 0.5) is 0 Å². The Kier molecular flexibility index (Phi) is 4.12. The molecule has 0 radical (unpaired) electrons. The first kappa shape index (κ1) is 12.3. The lowest BCUT2D eigenvalue weighted by Crippen LogP contribution is -2.40. The van der Waals surface area contributed by atoms with Crippen molar-refractivity contribution in [1.82, 2.24) is 5.06 Å². The Morgan fingerprint density at radius 2 is 2.00 bits per heavy atom. The highest BCUT2D eigenvalue weighted by atomic mass is 16.7. The van der Waals surface area contributed by atoms with Crippen LogP contribution in [0.3, 0.4) is 0 Å². The zero-order valence-electron chi connectivity index (χ0n) is 8.55. The van der Waals surface area contributed by atoms with Crippen molar-refractivity contribution in [3.8, 4) is 0 Å². The predicted molar refractivity (Wildman–Crippen MR) is 50.5 cm³/mol. The zero-order chi connectivity index (χ0) is 12.1. The molecule has 7 heteroatoms. The van der Waals surface area contributed by atoms with Gasteiger partial charge in [0.25, 0.3) is 11.8 Å². The van der Waals surface area contributed by atoms with Gasteiger partial charge in [0.15, 0.2) is 0 Å². The molecule has 1 saturated heterocycles. The van der Waals surface area contributed by atoms with E-state index in [1.54, 1.807) is 0 Å². The van der Waals surface area contributed by atoms with Crippen molar-refractivity contribution < 1.29 is 24.0 Å². The van der Waals surface area contributed by atoms with E-state index in [0.717, 1.165) is 0 Å². The molecule has 1 unspecified atom stereocenters. The maximum atomic E-state index is 11.3. The Bertz CT molecular complexity index is 312. The molecular weight excluding hydrogens is 216 g/mol. The van der Waals surface area contributed by atoms with Gasteiger partial charge in [-0.3, -0.25) is 9.59 Å². The van der Waals surface area contributed by atoms with Gasteiger partial charge >= 0.3 is 5.97 Å². The molecule has 1 aliphatic heterocycles. The Morgan fingerprint density at radius 1 is 1.44 bits per heavy atom. The summed E-state index contributed by atoms with van der Waals surface area (Å²) in [5.41, 5.74) is 5.39. The topological polar surface area (TPSA) is 107 Å². The number of hydroxylamine groups is 2. The van der Waals surface area contributed by atoms with Gasteiger partial charge in [-0.2, -0.15) is 0 Å². The maximum absolute atomic E-state index is 11.3. The van der Waals surface area contributed by atoms with E-state index in [1.165, 1.54) is 0 Å². The van der Waals surface area contributed by atoms with Gasteiger partial charge in [-0.1, -0.05) is 0 Å². The van der Waals surface area contributed by atoms with Crippen LogP contribution in [0.2, 0.25) is 0 Å². The summed E-state index contributed by atoms with van der Waals surface area (Å²) in [4.78, 5) is 48.1. The molecule has 1 atom stereocenters.